The van der Waals surface area contributed by atoms with E-state index in [1.54, 1.807) is 19.1 Å². The lowest BCUT2D eigenvalue weighted by atomic mass is 10.2. The highest BCUT2D eigenvalue weighted by molar-refractivity contribution is 7.94. The monoisotopic (exact) mass is 435 g/mol. The second kappa shape index (κ2) is 8.14. The number of aryl methyl sites for hydroxylation is 1. The fourth-order valence-electron chi connectivity index (χ4n) is 2.22. The minimum Gasteiger partial charge on any atom is -0.366 e. The van der Waals surface area contributed by atoms with Gasteiger partial charge in [0.1, 0.15) is 0 Å². The molecule has 0 aliphatic rings. The standard InChI is InChI=1S/C18H14Cl2N4O3S/c1-11-8-9-21-18(22-11)24-28(26,27)14-5-3-13(4-6-14)23-17(25)15-7-2-12(19)10-16(15)20/h2-10H,1H3,(H2,21,22,23,24,25)/p-1. The third-order valence-corrected chi connectivity index (χ3v) is 5.39. The Labute approximate surface area is 171 Å². The molecule has 28 heavy (non-hydrogen) atoms. The fraction of sp³-hybridized carbons (Fsp3) is 0.0556. The molecule has 0 radical (unpaired) electrons. The minimum absolute atomic E-state index is 0.0554. The van der Waals surface area contributed by atoms with E-state index in [2.05, 4.69) is 20.0 Å². The number of hydrogen-bond donors (Lipinski definition) is 1. The molecule has 0 aliphatic heterocycles. The maximum absolute atomic E-state index is 12.4. The first-order valence-electron chi connectivity index (χ1n) is 7.89. The number of aromatic nitrogens is 2. The van der Waals surface area contributed by atoms with E-state index in [-0.39, 0.29) is 21.4 Å². The van der Waals surface area contributed by atoms with Crippen molar-refractivity contribution in [1.82, 2.24) is 9.97 Å². The van der Waals surface area contributed by atoms with Gasteiger partial charge in [-0.2, -0.15) is 0 Å². The van der Waals surface area contributed by atoms with Crippen molar-refractivity contribution in [3.8, 4) is 0 Å². The first-order valence-corrected chi connectivity index (χ1v) is 10.1. The van der Waals surface area contributed by atoms with E-state index in [0.29, 0.717) is 16.4 Å². The van der Waals surface area contributed by atoms with Gasteiger partial charge in [0.05, 0.1) is 15.5 Å². The third kappa shape index (κ3) is 4.78. The normalized spacial score (nSPS) is 11.1. The van der Waals surface area contributed by atoms with Crippen molar-refractivity contribution >= 4 is 50.8 Å². The molecule has 10 heteroatoms. The van der Waals surface area contributed by atoms with Crippen molar-refractivity contribution in [3.63, 3.8) is 0 Å². The summed E-state index contributed by atoms with van der Waals surface area (Å²) in [5, 5.41) is 3.26. The number of benzene rings is 2. The highest BCUT2D eigenvalue weighted by atomic mass is 35.5. The molecule has 0 atom stereocenters. The fourth-order valence-corrected chi connectivity index (χ4v) is 3.60. The van der Waals surface area contributed by atoms with Crippen LogP contribution < -0.4 is 5.32 Å². The first kappa shape index (κ1) is 20.1. The van der Waals surface area contributed by atoms with Gasteiger partial charge in [-0.3, -0.25) is 9.52 Å². The van der Waals surface area contributed by atoms with Crippen LogP contribution in [0.5, 0.6) is 0 Å². The molecule has 144 valence electrons. The molecule has 1 heterocycles. The van der Waals surface area contributed by atoms with Gasteiger partial charge in [0.2, 0.25) is 10.0 Å². The van der Waals surface area contributed by atoms with Crippen LogP contribution in [0.4, 0.5) is 11.6 Å². The number of rotatable bonds is 5. The highest BCUT2D eigenvalue weighted by Gasteiger charge is 2.14. The Morgan fingerprint density at radius 1 is 1.07 bits per heavy atom. The smallest absolute Gasteiger partial charge is 0.257 e. The average molecular weight is 436 g/mol. The van der Waals surface area contributed by atoms with Crippen LogP contribution in [0, 0.1) is 6.92 Å². The molecule has 3 rings (SSSR count). The van der Waals surface area contributed by atoms with Gasteiger partial charge in [0.25, 0.3) is 5.91 Å². The van der Waals surface area contributed by atoms with Crippen molar-refractivity contribution in [2.45, 2.75) is 11.8 Å². The Morgan fingerprint density at radius 3 is 2.43 bits per heavy atom. The van der Waals surface area contributed by atoms with Crippen LogP contribution in [0.15, 0.2) is 59.6 Å². The molecule has 1 amide bonds. The number of hydrogen-bond acceptors (Lipinski definition) is 5. The van der Waals surface area contributed by atoms with Crippen molar-refractivity contribution in [2.24, 2.45) is 0 Å². The molecule has 0 fully saturated rings. The van der Waals surface area contributed by atoms with Crippen molar-refractivity contribution in [3.05, 3.63) is 80.8 Å². The Hall–Kier alpha value is -2.68. The quantitative estimate of drug-likeness (QED) is 0.623. The van der Waals surface area contributed by atoms with Crippen molar-refractivity contribution in [2.75, 3.05) is 5.32 Å². The van der Waals surface area contributed by atoms with Gasteiger partial charge in [-0.1, -0.05) is 29.3 Å². The molecule has 0 bridgehead atoms. The molecular formula is C18H13Cl2N4O3S-. The van der Waals surface area contributed by atoms with E-state index in [4.69, 9.17) is 23.2 Å². The minimum atomic E-state index is -3.99. The lowest BCUT2D eigenvalue weighted by Crippen LogP contribution is -2.12. The summed E-state index contributed by atoms with van der Waals surface area (Å²) < 4.78 is 28.4. The van der Waals surface area contributed by atoms with Crippen LogP contribution in [0.1, 0.15) is 16.1 Å². The number of nitrogens with zero attached hydrogens (tertiary/aromatic N) is 3. The molecule has 2 aromatic carbocycles. The summed E-state index contributed by atoms with van der Waals surface area (Å²) in [5.74, 6) is -0.593. The molecule has 0 unspecified atom stereocenters. The van der Waals surface area contributed by atoms with Gasteiger partial charge >= 0.3 is 0 Å². The summed E-state index contributed by atoms with van der Waals surface area (Å²) in [6.07, 6.45) is 1.43. The Balaban J connectivity index is 1.74. The number of sulfonamides is 1. The van der Waals surface area contributed by atoms with E-state index in [1.807, 2.05) is 0 Å². The Kier molecular flexibility index (Phi) is 5.83. The van der Waals surface area contributed by atoms with E-state index in [0.717, 1.165) is 0 Å². The molecular weight excluding hydrogens is 423 g/mol. The highest BCUT2D eigenvalue weighted by Crippen LogP contribution is 2.26. The lowest BCUT2D eigenvalue weighted by molar-refractivity contribution is 0.102. The lowest BCUT2D eigenvalue weighted by Gasteiger charge is -2.14. The van der Waals surface area contributed by atoms with Crippen molar-refractivity contribution in [1.29, 1.82) is 0 Å². The van der Waals surface area contributed by atoms with Gasteiger partial charge in [-0.25, -0.2) is 8.42 Å². The van der Waals surface area contributed by atoms with Crippen LogP contribution in [0.3, 0.4) is 0 Å². The largest absolute Gasteiger partial charge is 0.366 e. The summed E-state index contributed by atoms with van der Waals surface area (Å²) in [5.41, 5.74) is 1.24. The number of nitrogens with one attached hydrogen (secondary N) is 1. The van der Waals surface area contributed by atoms with E-state index >= 15 is 0 Å². The zero-order chi connectivity index (χ0) is 20.3. The number of amides is 1. The van der Waals surface area contributed by atoms with E-state index in [1.165, 1.54) is 42.6 Å². The summed E-state index contributed by atoms with van der Waals surface area (Å²) in [7, 11) is -3.99. The van der Waals surface area contributed by atoms with Crippen LogP contribution in [-0.4, -0.2) is 24.3 Å². The Bertz CT molecular complexity index is 1140. The SMILES string of the molecule is Cc1ccnc([N-]S(=O)(=O)c2ccc(NC(=O)c3ccc(Cl)cc3Cl)cc2)n1. The first-order chi connectivity index (χ1) is 13.2. The molecule has 0 spiro atoms. The Morgan fingerprint density at radius 2 is 1.79 bits per heavy atom. The molecule has 1 N–H and O–H groups in total. The number of carbonyl (C=O) groups is 1. The van der Waals surface area contributed by atoms with Gasteiger partial charge < -0.3 is 15.3 Å². The topological polar surface area (TPSA) is 103 Å². The molecule has 0 saturated heterocycles. The third-order valence-electron chi connectivity index (χ3n) is 3.57. The van der Waals surface area contributed by atoms with Crippen LogP contribution >= 0.6 is 23.2 Å². The maximum Gasteiger partial charge on any atom is 0.257 e. The number of carbonyl (C=O) groups excluding carboxylic acids is 1. The van der Waals surface area contributed by atoms with Gasteiger partial charge in [0.15, 0.2) is 0 Å². The zero-order valence-electron chi connectivity index (χ0n) is 14.4. The number of halogens is 2. The predicted molar refractivity (Wildman–Crippen MR) is 108 cm³/mol. The van der Waals surface area contributed by atoms with E-state index in [9.17, 15) is 13.2 Å². The maximum atomic E-state index is 12.4. The second-order valence-corrected chi connectivity index (χ2v) is 8.11. The molecule has 0 aliphatic carbocycles. The van der Waals surface area contributed by atoms with Crippen molar-refractivity contribution < 1.29 is 13.2 Å². The molecule has 1 aromatic heterocycles. The predicted octanol–water partition coefficient (Wildman–Crippen LogP) is 4.74. The van der Waals surface area contributed by atoms with E-state index < -0.39 is 15.9 Å². The average Bonchev–Trinajstić information content (AvgIpc) is 2.61. The molecule has 0 saturated carbocycles. The van der Waals surface area contributed by atoms with Gasteiger partial charge in [0, 0.05) is 16.7 Å². The zero-order valence-corrected chi connectivity index (χ0v) is 16.8. The second-order valence-electron chi connectivity index (χ2n) is 5.67. The van der Waals surface area contributed by atoms with Gasteiger partial charge in [-0.05, 0) is 61.3 Å². The summed E-state index contributed by atoms with van der Waals surface area (Å²) in [6.45, 7) is 1.71. The molecule has 3 aromatic rings. The number of anilines is 1. The molecule has 7 nitrogen and oxygen atoms in total. The summed E-state index contributed by atoms with van der Waals surface area (Å²) in [4.78, 5) is 20.0. The van der Waals surface area contributed by atoms with Crippen LogP contribution in [-0.2, 0) is 10.0 Å². The summed E-state index contributed by atoms with van der Waals surface area (Å²) >= 11 is 11.8. The summed E-state index contributed by atoms with van der Waals surface area (Å²) in [6, 6.07) is 11.7. The van der Waals surface area contributed by atoms with Gasteiger partial charge in [-0.15, -0.1) is 0 Å². The van der Waals surface area contributed by atoms with Crippen LogP contribution in [0.2, 0.25) is 10.0 Å². The van der Waals surface area contributed by atoms with Crippen LogP contribution in [0.25, 0.3) is 4.72 Å².